The standard InChI is InChI=1S/C24H35BrClNO5/c1-5-31-21(29)9-12-24(27-22(30)32-23(2,3)4)10-6-7-16(8-11-24)18-13-17(26)14-20(25)19(18)15-28/h13-14,16,28H,5-12,15H2,1-4H3,(H,27,30). The van der Waals surface area contributed by atoms with Gasteiger partial charge in [-0.25, -0.2) is 4.79 Å². The lowest BCUT2D eigenvalue weighted by Crippen LogP contribution is -2.50. The van der Waals surface area contributed by atoms with Crippen LogP contribution in [0.15, 0.2) is 16.6 Å². The van der Waals surface area contributed by atoms with Crippen LogP contribution in [0.5, 0.6) is 0 Å². The molecule has 0 bridgehead atoms. The Morgan fingerprint density at radius 1 is 1.28 bits per heavy atom. The minimum Gasteiger partial charge on any atom is -0.466 e. The molecule has 0 spiro atoms. The number of carbonyl (C=O) groups is 2. The highest BCUT2D eigenvalue weighted by Gasteiger charge is 2.37. The number of hydrogen-bond acceptors (Lipinski definition) is 5. The second-order valence-electron chi connectivity index (χ2n) is 9.45. The lowest BCUT2D eigenvalue weighted by atomic mass is 9.84. The number of aliphatic hydroxyl groups excluding tert-OH is 1. The predicted octanol–water partition coefficient (Wildman–Crippen LogP) is 6.25. The van der Waals surface area contributed by atoms with Gasteiger partial charge >= 0.3 is 12.1 Å². The van der Waals surface area contributed by atoms with Crippen LogP contribution in [-0.2, 0) is 20.9 Å². The Kier molecular flexibility index (Phi) is 9.85. The number of carbonyl (C=O) groups excluding carboxylic acids is 2. The molecular weight excluding hydrogens is 498 g/mol. The van der Waals surface area contributed by atoms with Crippen molar-refractivity contribution in [2.45, 2.75) is 96.3 Å². The Morgan fingerprint density at radius 3 is 2.62 bits per heavy atom. The van der Waals surface area contributed by atoms with Crippen LogP contribution in [0.2, 0.25) is 5.02 Å². The first-order chi connectivity index (χ1) is 15.0. The highest BCUT2D eigenvalue weighted by Crippen LogP contribution is 2.41. The number of aliphatic hydroxyl groups is 1. The van der Waals surface area contributed by atoms with Crippen LogP contribution in [0.25, 0.3) is 0 Å². The van der Waals surface area contributed by atoms with E-state index in [1.807, 2.05) is 26.8 Å². The molecule has 2 N–H and O–H groups in total. The summed E-state index contributed by atoms with van der Waals surface area (Å²) in [6.07, 6.45) is 4.22. The van der Waals surface area contributed by atoms with Gasteiger partial charge in [-0.2, -0.15) is 0 Å². The molecule has 1 aliphatic rings. The quantitative estimate of drug-likeness (QED) is 0.320. The number of benzene rings is 1. The summed E-state index contributed by atoms with van der Waals surface area (Å²) >= 11 is 9.82. The van der Waals surface area contributed by atoms with E-state index in [-0.39, 0.29) is 24.9 Å². The van der Waals surface area contributed by atoms with E-state index in [2.05, 4.69) is 21.2 Å². The first-order valence-electron chi connectivity index (χ1n) is 11.2. The average Bonchev–Trinajstić information content (AvgIpc) is 2.87. The van der Waals surface area contributed by atoms with E-state index in [4.69, 9.17) is 21.1 Å². The smallest absolute Gasteiger partial charge is 0.408 e. The summed E-state index contributed by atoms with van der Waals surface area (Å²) in [7, 11) is 0. The molecule has 8 heteroatoms. The third kappa shape index (κ3) is 7.92. The summed E-state index contributed by atoms with van der Waals surface area (Å²) in [5, 5.41) is 13.6. The number of halogens is 2. The molecule has 1 saturated carbocycles. The van der Waals surface area contributed by atoms with Gasteiger partial charge < -0.3 is 19.9 Å². The SMILES string of the molecule is CCOC(=O)CCC1(NC(=O)OC(C)(C)C)CCCC(c2cc(Cl)cc(Br)c2CO)CC1. The summed E-state index contributed by atoms with van der Waals surface area (Å²) in [5.74, 6) is -0.0722. The zero-order valence-corrected chi connectivity index (χ0v) is 21.8. The number of alkyl carbamates (subject to hydrolysis) is 1. The van der Waals surface area contributed by atoms with Crippen LogP contribution in [0, 0.1) is 0 Å². The number of ether oxygens (including phenoxy) is 2. The van der Waals surface area contributed by atoms with Gasteiger partial charge in [-0.3, -0.25) is 4.79 Å². The summed E-state index contributed by atoms with van der Waals surface area (Å²) in [6, 6.07) is 3.72. The molecule has 0 aliphatic heterocycles. The monoisotopic (exact) mass is 531 g/mol. The normalized spacial score (nSPS) is 21.5. The van der Waals surface area contributed by atoms with Crippen LogP contribution < -0.4 is 5.32 Å². The third-order valence-electron chi connectivity index (χ3n) is 5.85. The van der Waals surface area contributed by atoms with Gasteiger partial charge in [0.05, 0.1) is 13.2 Å². The van der Waals surface area contributed by atoms with E-state index in [0.717, 1.165) is 41.3 Å². The Hall–Kier alpha value is -1.31. The number of nitrogens with one attached hydrogen (secondary N) is 1. The van der Waals surface area contributed by atoms with E-state index in [0.29, 0.717) is 24.5 Å². The van der Waals surface area contributed by atoms with Crippen LogP contribution in [-0.4, -0.2) is 34.9 Å². The number of amides is 1. The second kappa shape index (κ2) is 11.7. The fourth-order valence-corrected chi connectivity index (χ4v) is 5.36. The van der Waals surface area contributed by atoms with Crippen molar-refractivity contribution in [3.05, 3.63) is 32.8 Å². The average molecular weight is 533 g/mol. The molecule has 0 aromatic heterocycles. The van der Waals surface area contributed by atoms with Crippen molar-refractivity contribution in [1.82, 2.24) is 5.32 Å². The largest absolute Gasteiger partial charge is 0.466 e. The maximum Gasteiger partial charge on any atom is 0.408 e. The minimum atomic E-state index is -0.608. The predicted molar refractivity (Wildman–Crippen MR) is 129 cm³/mol. The molecular formula is C24H35BrClNO5. The van der Waals surface area contributed by atoms with Crippen molar-refractivity contribution in [1.29, 1.82) is 0 Å². The molecule has 1 aromatic carbocycles. The lowest BCUT2D eigenvalue weighted by Gasteiger charge is -2.35. The van der Waals surface area contributed by atoms with Gasteiger partial charge in [0, 0.05) is 21.5 Å². The maximum absolute atomic E-state index is 12.6. The Bertz CT molecular complexity index is 810. The zero-order valence-electron chi connectivity index (χ0n) is 19.4. The lowest BCUT2D eigenvalue weighted by molar-refractivity contribution is -0.143. The van der Waals surface area contributed by atoms with E-state index >= 15 is 0 Å². The van der Waals surface area contributed by atoms with E-state index < -0.39 is 17.2 Å². The van der Waals surface area contributed by atoms with Crippen molar-refractivity contribution in [2.24, 2.45) is 0 Å². The molecule has 2 rings (SSSR count). The van der Waals surface area contributed by atoms with E-state index in [9.17, 15) is 14.7 Å². The van der Waals surface area contributed by atoms with Gasteiger partial charge in [-0.1, -0.05) is 34.0 Å². The molecule has 1 fully saturated rings. The molecule has 2 atom stereocenters. The van der Waals surface area contributed by atoms with E-state index in [1.165, 1.54) is 0 Å². The fraction of sp³-hybridized carbons (Fsp3) is 0.667. The molecule has 1 aromatic rings. The van der Waals surface area contributed by atoms with Crippen molar-refractivity contribution in [3.8, 4) is 0 Å². The zero-order chi connectivity index (χ0) is 23.9. The molecule has 32 heavy (non-hydrogen) atoms. The topological polar surface area (TPSA) is 84.9 Å². The highest BCUT2D eigenvalue weighted by molar-refractivity contribution is 9.10. The second-order valence-corrected chi connectivity index (χ2v) is 10.7. The van der Waals surface area contributed by atoms with Crippen molar-refractivity contribution < 1.29 is 24.2 Å². The summed E-state index contributed by atoms with van der Waals surface area (Å²) in [5.41, 5.74) is 0.714. The molecule has 0 radical (unpaired) electrons. The van der Waals surface area contributed by atoms with E-state index in [1.54, 1.807) is 13.0 Å². The summed E-state index contributed by atoms with van der Waals surface area (Å²) in [4.78, 5) is 24.7. The third-order valence-corrected chi connectivity index (χ3v) is 6.78. The van der Waals surface area contributed by atoms with Crippen molar-refractivity contribution in [3.63, 3.8) is 0 Å². The van der Waals surface area contributed by atoms with Crippen molar-refractivity contribution in [2.75, 3.05) is 6.61 Å². The molecule has 2 unspecified atom stereocenters. The van der Waals surface area contributed by atoms with Gasteiger partial charge in [0.1, 0.15) is 5.60 Å². The molecule has 180 valence electrons. The van der Waals surface area contributed by atoms with Gasteiger partial charge in [0.2, 0.25) is 0 Å². The first kappa shape index (κ1) is 26.9. The molecule has 0 saturated heterocycles. The Morgan fingerprint density at radius 2 is 2.00 bits per heavy atom. The van der Waals surface area contributed by atoms with Crippen LogP contribution >= 0.6 is 27.5 Å². The van der Waals surface area contributed by atoms with Crippen LogP contribution in [0.3, 0.4) is 0 Å². The van der Waals surface area contributed by atoms with Crippen molar-refractivity contribution >= 4 is 39.6 Å². The molecule has 1 amide bonds. The number of esters is 1. The fourth-order valence-electron chi connectivity index (χ4n) is 4.40. The van der Waals surface area contributed by atoms with Gasteiger partial charge in [0.25, 0.3) is 0 Å². The number of rotatable bonds is 7. The van der Waals surface area contributed by atoms with Gasteiger partial charge in [-0.15, -0.1) is 0 Å². The first-order valence-corrected chi connectivity index (χ1v) is 12.4. The molecule has 6 nitrogen and oxygen atoms in total. The van der Waals surface area contributed by atoms with Gasteiger partial charge in [0.15, 0.2) is 0 Å². The molecule has 1 aliphatic carbocycles. The maximum atomic E-state index is 12.6. The van der Waals surface area contributed by atoms with Crippen LogP contribution in [0.1, 0.15) is 89.7 Å². The Balaban J connectivity index is 2.24. The molecule has 0 heterocycles. The minimum absolute atomic E-state index is 0.0756. The number of hydrogen-bond donors (Lipinski definition) is 2. The highest BCUT2D eigenvalue weighted by atomic mass is 79.9. The summed E-state index contributed by atoms with van der Waals surface area (Å²) in [6.45, 7) is 7.52. The summed E-state index contributed by atoms with van der Waals surface area (Å²) < 4.78 is 11.4. The van der Waals surface area contributed by atoms with Gasteiger partial charge in [-0.05, 0) is 89.0 Å². The Labute approximate surface area is 204 Å². The van der Waals surface area contributed by atoms with Crippen LogP contribution in [0.4, 0.5) is 4.79 Å².